The van der Waals surface area contributed by atoms with Crippen LogP contribution in [0, 0.1) is 13.8 Å². The number of aromatic nitrogens is 1. The summed E-state index contributed by atoms with van der Waals surface area (Å²) in [5, 5.41) is 14.5. The van der Waals surface area contributed by atoms with Gasteiger partial charge in [-0.25, -0.2) is 0 Å². The summed E-state index contributed by atoms with van der Waals surface area (Å²) in [6, 6.07) is 13.8. The Morgan fingerprint density at radius 1 is 1.08 bits per heavy atom. The molecule has 3 aromatic rings. The van der Waals surface area contributed by atoms with Gasteiger partial charge in [0.2, 0.25) is 0 Å². The second-order valence-corrected chi connectivity index (χ2v) is 5.99. The highest BCUT2D eigenvalue weighted by Crippen LogP contribution is 2.21. The second-order valence-electron chi connectivity index (χ2n) is 5.99. The fraction of sp³-hybridized carbons (Fsp3) is 0.316. The fourth-order valence-corrected chi connectivity index (χ4v) is 2.79. The molecule has 2 heterocycles. The molecule has 0 saturated carbocycles. The van der Waals surface area contributed by atoms with Crippen molar-refractivity contribution in [2.24, 2.45) is 0 Å². The lowest BCUT2D eigenvalue weighted by atomic mass is 10.1. The molecule has 0 bridgehead atoms. The molecule has 1 atom stereocenters. The van der Waals surface area contributed by atoms with Crippen LogP contribution in [0.3, 0.4) is 0 Å². The van der Waals surface area contributed by atoms with Gasteiger partial charge in [0.25, 0.3) is 0 Å². The van der Waals surface area contributed by atoms with Gasteiger partial charge in [0.05, 0.1) is 12.0 Å². The molecule has 0 spiro atoms. The molecule has 24 heavy (non-hydrogen) atoms. The van der Waals surface area contributed by atoms with E-state index in [-0.39, 0.29) is 0 Å². The Labute approximate surface area is 141 Å². The zero-order chi connectivity index (χ0) is 16.9. The van der Waals surface area contributed by atoms with Crippen molar-refractivity contribution in [2.45, 2.75) is 33.0 Å². The first-order chi connectivity index (χ1) is 11.6. The second kappa shape index (κ2) is 7.47. The molecule has 0 aliphatic carbocycles. The van der Waals surface area contributed by atoms with E-state index in [4.69, 9.17) is 8.94 Å². The van der Waals surface area contributed by atoms with Gasteiger partial charge in [0, 0.05) is 25.2 Å². The van der Waals surface area contributed by atoms with Crippen molar-refractivity contribution in [1.29, 1.82) is 0 Å². The van der Waals surface area contributed by atoms with E-state index >= 15 is 0 Å². The lowest BCUT2D eigenvalue weighted by Gasteiger charge is -2.24. The van der Waals surface area contributed by atoms with E-state index < -0.39 is 6.10 Å². The van der Waals surface area contributed by atoms with Crippen molar-refractivity contribution in [3.05, 3.63) is 77.1 Å². The Morgan fingerprint density at radius 3 is 2.50 bits per heavy atom. The van der Waals surface area contributed by atoms with Gasteiger partial charge >= 0.3 is 0 Å². The van der Waals surface area contributed by atoms with Crippen LogP contribution >= 0.6 is 0 Å². The van der Waals surface area contributed by atoms with Crippen molar-refractivity contribution in [3.63, 3.8) is 0 Å². The quantitative estimate of drug-likeness (QED) is 0.718. The number of aliphatic hydroxyl groups excluding tert-OH is 1. The van der Waals surface area contributed by atoms with Gasteiger partial charge in [-0.1, -0.05) is 35.5 Å². The Hall–Kier alpha value is -2.37. The molecule has 0 fully saturated rings. The molecule has 3 rings (SSSR count). The van der Waals surface area contributed by atoms with Crippen molar-refractivity contribution in [2.75, 3.05) is 6.54 Å². The average Bonchev–Trinajstić information content (AvgIpc) is 3.21. The standard InChI is InChI=1S/C19H22N2O3/c1-14-17(15(2)24-20-14)12-21(11-16-7-4-3-5-8-16)13-18(22)19-9-6-10-23-19/h3-10,18,22H,11-13H2,1-2H3. The van der Waals surface area contributed by atoms with Gasteiger partial charge in [-0.15, -0.1) is 0 Å². The summed E-state index contributed by atoms with van der Waals surface area (Å²) in [4.78, 5) is 2.18. The van der Waals surface area contributed by atoms with Crippen LogP contribution in [0.5, 0.6) is 0 Å². The summed E-state index contributed by atoms with van der Waals surface area (Å²) in [7, 11) is 0. The highest BCUT2D eigenvalue weighted by atomic mass is 16.5. The number of rotatable bonds is 7. The number of hydrogen-bond donors (Lipinski definition) is 1. The number of benzene rings is 1. The molecule has 1 N–H and O–H groups in total. The first-order valence-electron chi connectivity index (χ1n) is 8.03. The molecule has 0 radical (unpaired) electrons. The minimum Gasteiger partial charge on any atom is -0.467 e. The predicted octanol–water partition coefficient (Wildman–Crippen LogP) is 3.62. The maximum atomic E-state index is 10.5. The minimum absolute atomic E-state index is 0.465. The van der Waals surface area contributed by atoms with Gasteiger partial charge in [-0.3, -0.25) is 4.90 Å². The first kappa shape index (κ1) is 16.5. The Morgan fingerprint density at radius 2 is 1.88 bits per heavy atom. The molecule has 0 aliphatic heterocycles. The van der Waals surface area contributed by atoms with Crippen molar-refractivity contribution < 1.29 is 14.0 Å². The topological polar surface area (TPSA) is 62.6 Å². The van der Waals surface area contributed by atoms with E-state index in [1.54, 1.807) is 18.4 Å². The van der Waals surface area contributed by atoms with Gasteiger partial charge in [0.1, 0.15) is 17.6 Å². The lowest BCUT2D eigenvalue weighted by Crippen LogP contribution is -2.28. The number of nitrogens with zero attached hydrogens (tertiary/aromatic N) is 2. The number of aryl methyl sites for hydroxylation is 2. The summed E-state index contributed by atoms with van der Waals surface area (Å²) in [5.41, 5.74) is 3.14. The van der Waals surface area contributed by atoms with Crippen molar-refractivity contribution in [1.82, 2.24) is 10.1 Å². The van der Waals surface area contributed by atoms with Crippen LogP contribution in [0.4, 0.5) is 0 Å². The minimum atomic E-state index is -0.677. The number of furan rings is 1. The van der Waals surface area contributed by atoms with Crippen LogP contribution in [0.1, 0.15) is 34.4 Å². The van der Waals surface area contributed by atoms with Crippen LogP contribution in [-0.2, 0) is 13.1 Å². The highest BCUT2D eigenvalue weighted by Gasteiger charge is 2.19. The average molecular weight is 326 g/mol. The molecule has 0 saturated heterocycles. The molecule has 0 aliphatic rings. The van der Waals surface area contributed by atoms with Gasteiger partial charge in [0.15, 0.2) is 0 Å². The largest absolute Gasteiger partial charge is 0.467 e. The molecule has 126 valence electrons. The van der Waals surface area contributed by atoms with Crippen LogP contribution < -0.4 is 0 Å². The van der Waals surface area contributed by atoms with Gasteiger partial charge in [-0.05, 0) is 31.5 Å². The Bertz CT molecular complexity index is 731. The molecule has 5 heteroatoms. The lowest BCUT2D eigenvalue weighted by molar-refractivity contribution is 0.0870. The van der Waals surface area contributed by atoms with Crippen LogP contribution in [-0.4, -0.2) is 21.7 Å². The smallest absolute Gasteiger partial charge is 0.138 e. The maximum absolute atomic E-state index is 10.5. The Balaban J connectivity index is 1.77. The van der Waals surface area contributed by atoms with E-state index in [0.29, 0.717) is 18.8 Å². The molecule has 2 aromatic heterocycles. The van der Waals surface area contributed by atoms with Crippen LogP contribution in [0.25, 0.3) is 0 Å². The Kier molecular flexibility index (Phi) is 5.13. The van der Waals surface area contributed by atoms with Crippen LogP contribution in [0.15, 0.2) is 57.7 Å². The summed E-state index contributed by atoms with van der Waals surface area (Å²) in [6.07, 6.45) is 0.901. The zero-order valence-electron chi connectivity index (χ0n) is 14.0. The number of aliphatic hydroxyl groups is 1. The predicted molar refractivity (Wildman–Crippen MR) is 90.2 cm³/mol. The third-order valence-electron chi connectivity index (χ3n) is 4.11. The van der Waals surface area contributed by atoms with E-state index in [0.717, 1.165) is 23.6 Å². The number of hydrogen-bond acceptors (Lipinski definition) is 5. The molecule has 1 unspecified atom stereocenters. The van der Waals surface area contributed by atoms with Gasteiger partial charge < -0.3 is 14.0 Å². The monoisotopic (exact) mass is 326 g/mol. The molecular weight excluding hydrogens is 304 g/mol. The van der Waals surface area contributed by atoms with E-state index in [1.165, 1.54) is 5.56 Å². The third kappa shape index (κ3) is 3.93. The molecule has 0 amide bonds. The van der Waals surface area contributed by atoms with Gasteiger partial charge in [-0.2, -0.15) is 0 Å². The van der Waals surface area contributed by atoms with Crippen LogP contribution in [0.2, 0.25) is 0 Å². The maximum Gasteiger partial charge on any atom is 0.138 e. The summed E-state index contributed by atoms with van der Waals surface area (Å²) >= 11 is 0. The highest BCUT2D eigenvalue weighted by molar-refractivity contribution is 5.21. The van der Waals surface area contributed by atoms with E-state index in [9.17, 15) is 5.11 Å². The van der Waals surface area contributed by atoms with Crippen molar-refractivity contribution >= 4 is 0 Å². The third-order valence-corrected chi connectivity index (χ3v) is 4.11. The van der Waals surface area contributed by atoms with E-state index in [1.807, 2.05) is 32.0 Å². The molecule has 1 aromatic carbocycles. The zero-order valence-corrected chi connectivity index (χ0v) is 14.0. The SMILES string of the molecule is Cc1noc(C)c1CN(Cc1ccccc1)CC(O)c1ccco1. The van der Waals surface area contributed by atoms with Crippen molar-refractivity contribution in [3.8, 4) is 0 Å². The fourth-order valence-electron chi connectivity index (χ4n) is 2.79. The summed E-state index contributed by atoms with van der Waals surface area (Å²) in [6.45, 7) is 5.71. The first-order valence-corrected chi connectivity index (χ1v) is 8.03. The summed E-state index contributed by atoms with van der Waals surface area (Å²) in [5.74, 6) is 1.39. The molecular formula is C19H22N2O3. The summed E-state index contributed by atoms with van der Waals surface area (Å²) < 4.78 is 10.6. The normalized spacial score (nSPS) is 12.7. The van der Waals surface area contributed by atoms with E-state index in [2.05, 4.69) is 22.2 Å². The molecule has 5 nitrogen and oxygen atoms in total.